The van der Waals surface area contributed by atoms with Gasteiger partial charge in [-0.25, -0.2) is 4.98 Å². The zero-order chi connectivity index (χ0) is 10.9. The lowest BCUT2D eigenvalue weighted by atomic mass is 9.97. The predicted molar refractivity (Wildman–Crippen MR) is 56.6 cm³/mol. The van der Waals surface area contributed by atoms with E-state index in [9.17, 15) is 5.11 Å². The monoisotopic (exact) mass is 210 g/mol. The number of H-pyrrole nitrogens is 1. The average Bonchev–Trinajstić information content (AvgIpc) is 2.67. The zero-order valence-corrected chi connectivity index (χ0v) is 9.29. The molecule has 0 radical (unpaired) electrons. The van der Waals surface area contributed by atoms with Crippen molar-refractivity contribution in [2.24, 2.45) is 0 Å². The van der Waals surface area contributed by atoms with E-state index in [1.165, 1.54) is 0 Å². The molecule has 0 bridgehead atoms. The smallest absolute Gasteiger partial charge is 0.137 e. The summed E-state index contributed by atoms with van der Waals surface area (Å²) in [6.45, 7) is 5.11. The first-order chi connectivity index (χ1) is 7.07. The lowest BCUT2D eigenvalue weighted by molar-refractivity contribution is 0.0688. The molecule has 0 saturated carbocycles. The van der Waals surface area contributed by atoms with E-state index in [2.05, 4.69) is 9.97 Å². The average molecular weight is 210 g/mol. The third-order valence-electron chi connectivity index (χ3n) is 2.84. The van der Waals surface area contributed by atoms with Crippen LogP contribution in [0.2, 0.25) is 0 Å². The van der Waals surface area contributed by atoms with Gasteiger partial charge in [-0.05, 0) is 26.7 Å². The van der Waals surface area contributed by atoms with Crippen molar-refractivity contribution in [3.8, 4) is 0 Å². The van der Waals surface area contributed by atoms with E-state index >= 15 is 0 Å². The molecule has 0 aliphatic carbocycles. The largest absolute Gasteiger partial charge is 0.383 e. The summed E-state index contributed by atoms with van der Waals surface area (Å²) in [4.78, 5) is 7.42. The van der Waals surface area contributed by atoms with E-state index in [0.29, 0.717) is 11.7 Å². The summed E-state index contributed by atoms with van der Waals surface area (Å²) in [5.41, 5.74) is 0.235. The molecule has 2 rings (SSSR count). The number of hydrogen-bond acceptors (Lipinski definition) is 3. The minimum atomic E-state index is -0.885. The second-order valence-electron chi connectivity index (χ2n) is 4.63. The molecule has 1 fully saturated rings. The van der Waals surface area contributed by atoms with Crippen molar-refractivity contribution in [2.45, 2.75) is 38.2 Å². The summed E-state index contributed by atoms with van der Waals surface area (Å²) < 4.78 is 5.31. The SMILES string of the molecule is CC(C)(O)c1ncc(C2CCOCC2)[nH]1. The molecule has 1 aromatic rings. The van der Waals surface area contributed by atoms with Crippen molar-refractivity contribution in [3.63, 3.8) is 0 Å². The first-order valence-electron chi connectivity index (χ1n) is 5.43. The summed E-state index contributed by atoms with van der Waals surface area (Å²) in [6.07, 6.45) is 3.91. The van der Waals surface area contributed by atoms with Crippen LogP contribution in [-0.2, 0) is 10.3 Å². The Hall–Kier alpha value is -0.870. The van der Waals surface area contributed by atoms with Crippen molar-refractivity contribution in [1.29, 1.82) is 0 Å². The summed E-state index contributed by atoms with van der Waals surface area (Å²) in [7, 11) is 0. The van der Waals surface area contributed by atoms with Crippen molar-refractivity contribution >= 4 is 0 Å². The van der Waals surface area contributed by atoms with Crippen molar-refractivity contribution in [2.75, 3.05) is 13.2 Å². The third-order valence-corrected chi connectivity index (χ3v) is 2.84. The van der Waals surface area contributed by atoms with Gasteiger partial charge in [0.2, 0.25) is 0 Å². The first kappa shape index (κ1) is 10.6. The standard InChI is InChI=1S/C11H18N2O2/c1-11(2,14)10-12-7-9(13-10)8-3-5-15-6-4-8/h7-8,14H,3-6H2,1-2H3,(H,12,13). The number of ether oxygens (including phenoxy) is 1. The minimum Gasteiger partial charge on any atom is -0.383 e. The van der Waals surface area contributed by atoms with Crippen molar-refractivity contribution in [1.82, 2.24) is 9.97 Å². The predicted octanol–water partition coefficient (Wildman–Crippen LogP) is 1.53. The third kappa shape index (κ3) is 2.38. The Morgan fingerprint density at radius 3 is 2.67 bits per heavy atom. The highest BCUT2D eigenvalue weighted by Gasteiger charge is 2.23. The number of rotatable bonds is 2. The van der Waals surface area contributed by atoms with Gasteiger partial charge in [-0.3, -0.25) is 0 Å². The second-order valence-corrected chi connectivity index (χ2v) is 4.63. The van der Waals surface area contributed by atoms with Gasteiger partial charge in [0, 0.05) is 31.0 Å². The molecule has 84 valence electrons. The molecule has 1 aromatic heterocycles. The van der Waals surface area contributed by atoms with Gasteiger partial charge >= 0.3 is 0 Å². The molecule has 15 heavy (non-hydrogen) atoms. The number of nitrogens with zero attached hydrogens (tertiary/aromatic N) is 1. The van der Waals surface area contributed by atoms with Gasteiger partial charge in [-0.2, -0.15) is 0 Å². The van der Waals surface area contributed by atoms with Crippen LogP contribution in [0.4, 0.5) is 0 Å². The highest BCUT2D eigenvalue weighted by Crippen LogP contribution is 2.27. The first-order valence-corrected chi connectivity index (χ1v) is 5.43. The van der Waals surface area contributed by atoms with Crippen LogP contribution >= 0.6 is 0 Å². The highest BCUT2D eigenvalue weighted by molar-refractivity contribution is 5.11. The number of aromatic nitrogens is 2. The topological polar surface area (TPSA) is 58.1 Å². The van der Waals surface area contributed by atoms with Crippen LogP contribution in [0.1, 0.15) is 44.1 Å². The quantitative estimate of drug-likeness (QED) is 0.778. The maximum absolute atomic E-state index is 9.78. The van der Waals surface area contributed by atoms with Gasteiger partial charge in [0.05, 0.1) is 0 Å². The number of aliphatic hydroxyl groups is 1. The van der Waals surface area contributed by atoms with Gasteiger partial charge in [-0.1, -0.05) is 0 Å². The van der Waals surface area contributed by atoms with Gasteiger partial charge in [-0.15, -0.1) is 0 Å². The van der Waals surface area contributed by atoms with E-state index in [4.69, 9.17) is 4.74 Å². The molecule has 0 aromatic carbocycles. The van der Waals surface area contributed by atoms with Crippen molar-refractivity contribution < 1.29 is 9.84 Å². The Morgan fingerprint density at radius 2 is 2.13 bits per heavy atom. The number of aromatic amines is 1. The molecule has 1 saturated heterocycles. The molecular weight excluding hydrogens is 192 g/mol. The molecular formula is C11H18N2O2. The second kappa shape index (κ2) is 3.94. The molecule has 0 atom stereocenters. The van der Waals surface area contributed by atoms with Crippen LogP contribution in [0.5, 0.6) is 0 Å². The van der Waals surface area contributed by atoms with Crippen molar-refractivity contribution in [3.05, 3.63) is 17.7 Å². The van der Waals surface area contributed by atoms with Crippen LogP contribution in [-0.4, -0.2) is 28.3 Å². The maximum Gasteiger partial charge on any atom is 0.137 e. The maximum atomic E-state index is 9.78. The highest BCUT2D eigenvalue weighted by atomic mass is 16.5. The van der Waals surface area contributed by atoms with E-state index in [1.807, 2.05) is 6.20 Å². The molecule has 0 spiro atoms. The number of imidazole rings is 1. The van der Waals surface area contributed by atoms with E-state index < -0.39 is 5.60 Å². The Labute approximate surface area is 89.7 Å². The molecule has 2 N–H and O–H groups in total. The number of nitrogens with one attached hydrogen (secondary N) is 1. The van der Waals surface area contributed by atoms with Crippen LogP contribution < -0.4 is 0 Å². The Bertz CT molecular complexity index is 322. The molecule has 1 aliphatic rings. The van der Waals surface area contributed by atoms with Crippen LogP contribution in [0.25, 0.3) is 0 Å². The van der Waals surface area contributed by atoms with E-state index in [1.54, 1.807) is 13.8 Å². The fourth-order valence-corrected chi connectivity index (χ4v) is 1.86. The summed E-state index contributed by atoms with van der Waals surface area (Å²) in [5.74, 6) is 1.14. The van der Waals surface area contributed by atoms with Gasteiger partial charge in [0.15, 0.2) is 0 Å². The molecule has 4 heteroatoms. The minimum absolute atomic E-state index is 0.502. The van der Waals surface area contributed by atoms with Gasteiger partial charge in [0.1, 0.15) is 11.4 Å². The van der Waals surface area contributed by atoms with Crippen LogP contribution in [0.15, 0.2) is 6.20 Å². The summed E-state index contributed by atoms with van der Waals surface area (Å²) >= 11 is 0. The summed E-state index contributed by atoms with van der Waals surface area (Å²) in [5, 5.41) is 9.78. The Balaban J connectivity index is 2.12. The van der Waals surface area contributed by atoms with Gasteiger partial charge < -0.3 is 14.8 Å². The zero-order valence-electron chi connectivity index (χ0n) is 9.29. The molecule has 0 unspecified atom stereocenters. The van der Waals surface area contributed by atoms with E-state index in [0.717, 1.165) is 31.7 Å². The fourth-order valence-electron chi connectivity index (χ4n) is 1.86. The summed E-state index contributed by atoms with van der Waals surface area (Å²) in [6, 6.07) is 0. The van der Waals surface area contributed by atoms with Crippen LogP contribution in [0, 0.1) is 0 Å². The molecule has 1 aliphatic heterocycles. The molecule has 4 nitrogen and oxygen atoms in total. The lowest BCUT2D eigenvalue weighted by Crippen LogP contribution is -2.18. The normalized spacial score (nSPS) is 19.4. The Kier molecular flexibility index (Phi) is 2.80. The number of hydrogen-bond donors (Lipinski definition) is 2. The molecule has 0 amide bonds. The van der Waals surface area contributed by atoms with E-state index in [-0.39, 0.29) is 0 Å². The molecule has 2 heterocycles. The Morgan fingerprint density at radius 1 is 1.47 bits per heavy atom. The van der Waals surface area contributed by atoms with Gasteiger partial charge in [0.25, 0.3) is 0 Å². The lowest BCUT2D eigenvalue weighted by Gasteiger charge is -2.21. The van der Waals surface area contributed by atoms with Crippen LogP contribution in [0.3, 0.4) is 0 Å². The fraction of sp³-hybridized carbons (Fsp3) is 0.727.